The molecule has 0 unspecified atom stereocenters. The minimum Gasteiger partial charge on any atom is -0.348 e. The molecule has 4 rings (SSSR count). The number of nitrogens with one attached hydrogen (secondary N) is 1. The lowest BCUT2D eigenvalue weighted by atomic mass is 10.1. The molecular formula is C23H24FN5OS. The van der Waals surface area contributed by atoms with Gasteiger partial charge in [-0.2, -0.15) is 10.1 Å². The van der Waals surface area contributed by atoms with Crippen LogP contribution in [0.1, 0.15) is 29.8 Å². The molecule has 2 heterocycles. The first kappa shape index (κ1) is 21.0. The monoisotopic (exact) mass is 437 g/mol. The van der Waals surface area contributed by atoms with Crippen LogP contribution in [0.4, 0.5) is 9.52 Å². The lowest BCUT2D eigenvalue weighted by molar-refractivity contribution is -0.120. The highest BCUT2D eigenvalue weighted by Gasteiger charge is 2.19. The van der Waals surface area contributed by atoms with Crippen LogP contribution in [-0.4, -0.2) is 34.3 Å². The minimum atomic E-state index is -0.294. The van der Waals surface area contributed by atoms with Gasteiger partial charge in [-0.1, -0.05) is 35.6 Å². The van der Waals surface area contributed by atoms with Crippen LogP contribution >= 0.6 is 11.3 Å². The summed E-state index contributed by atoms with van der Waals surface area (Å²) in [6, 6.07) is 14.0. The quantitative estimate of drug-likeness (QED) is 0.481. The SMILES string of the molecule is Cc1cccc(-n2nc(C)c3sc(N(C)CC(=O)N[C@@H](C)c4ccc(F)cc4)nc32)c1. The van der Waals surface area contributed by atoms with Gasteiger partial charge >= 0.3 is 0 Å². The molecule has 160 valence electrons. The van der Waals surface area contributed by atoms with Crippen molar-refractivity contribution >= 4 is 32.7 Å². The largest absolute Gasteiger partial charge is 0.348 e. The summed E-state index contributed by atoms with van der Waals surface area (Å²) in [5.74, 6) is -0.423. The minimum absolute atomic E-state index is 0.129. The van der Waals surface area contributed by atoms with Gasteiger partial charge in [-0.15, -0.1) is 0 Å². The van der Waals surface area contributed by atoms with Crippen LogP contribution in [0.3, 0.4) is 0 Å². The van der Waals surface area contributed by atoms with Gasteiger partial charge in [0.25, 0.3) is 0 Å². The smallest absolute Gasteiger partial charge is 0.240 e. The van der Waals surface area contributed by atoms with Crippen LogP contribution in [0.15, 0.2) is 48.5 Å². The van der Waals surface area contributed by atoms with Crippen LogP contribution in [-0.2, 0) is 4.79 Å². The molecule has 8 heteroatoms. The van der Waals surface area contributed by atoms with E-state index >= 15 is 0 Å². The Kier molecular flexibility index (Phi) is 5.73. The van der Waals surface area contributed by atoms with E-state index < -0.39 is 0 Å². The maximum absolute atomic E-state index is 13.1. The number of likely N-dealkylation sites (N-methyl/N-ethyl adjacent to an activating group) is 1. The summed E-state index contributed by atoms with van der Waals surface area (Å²) >= 11 is 1.52. The molecule has 1 atom stereocenters. The molecule has 2 aromatic heterocycles. The number of fused-ring (bicyclic) bond motifs is 1. The van der Waals surface area contributed by atoms with E-state index in [1.54, 1.807) is 12.1 Å². The van der Waals surface area contributed by atoms with Gasteiger partial charge in [-0.05, 0) is 56.2 Å². The van der Waals surface area contributed by atoms with Crippen molar-refractivity contribution in [2.24, 2.45) is 0 Å². The zero-order chi connectivity index (χ0) is 22.1. The summed E-state index contributed by atoms with van der Waals surface area (Å²) in [6.45, 7) is 6.05. The molecule has 0 aliphatic rings. The van der Waals surface area contributed by atoms with E-state index in [9.17, 15) is 9.18 Å². The summed E-state index contributed by atoms with van der Waals surface area (Å²) in [5, 5.41) is 8.35. The van der Waals surface area contributed by atoms with Crippen LogP contribution in [0.2, 0.25) is 0 Å². The number of hydrogen-bond acceptors (Lipinski definition) is 5. The zero-order valence-electron chi connectivity index (χ0n) is 17.9. The number of halogens is 1. The second-order valence-electron chi connectivity index (χ2n) is 7.68. The molecule has 0 spiro atoms. The van der Waals surface area contributed by atoms with Crippen LogP contribution in [0.25, 0.3) is 16.0 Å². The second-order valence-corrected chi connectivity index (χ2v) is 8.66. The van der Waals surface area contributed by atoms with Gasteiger partial charge in [0.1, 0.15) is 5.82 Å². The summed E-state index contributed by atoms with van der Waals surface area (Å²) in [7, 11) is 1.85. The molecule has 31 heavy (non-hydrogen) atoms. The number of aryl methyl sites for hydroxylation is 2. The maximum atomic E-state index is 13.1. The molecule has 0 bridgehead atoms. The van der Waals surface area contributed by atoms with Crippen molar-refractivity contribution in [2.75, 3.05) is 18.5 Å². The highest BCUT2D eigenvalue weighted by atomic mass is 32.1. The summed E-state index contributed by atoms with van der Waals surface area (Å²) < 4.78 is 16.0. The first-order valence-corrected chi connectivity index (χ1v) is 10.8. The molecule has 1 N–H and O–H groups in total. The first-order chi connectivity index (χ1) is 14.8. The Morgan fingerprint density at radius 2 is 1.97 bits per heavy atom. The van der Waals surface area contributed by atoms with Crippen LogP contribution < -0.4 is 10.2 Å². The number of rotatable bonds is 6. The maximum Gasteiger partial charge on any atom is 0.240 e. The average molecular weight is 438 g/mol. The van der Waals surface area contributed by atoms with Gasteiger partial charge in [0, 0.05) is 7.05 Å². The van der Waals surface area contributed by atoms with Gasteiger partial charge < -0.3 is 10.2 Å². The number of benzene rings is 2. The number of carbonyl (C=O) groups is 1. The molecule has 4 aromatic rings. The van der Waals surface area contributed by atoms with Gasteiger partial charge in [-0.3, -0.25) is 4.79 Å². The molecule has 1 amide bonds. The van der Waals surface area contributed by atoms with E-state index in [1.165, 1.54) is 23.5 Å². The van der Waals surface area contributed by atoms with Crippen molar-refractivity contribution in [1.29, 1.82) is 0 Å². The predicted octanol–water partition coefficient (Wildman–Crippen LogP) is 4.55. The molecule has 6 nitrogen and oxygen atoms in total. The number of hydrogen-bond donors (Lipinski definition) is 1. The van der Waals surface area contributed by atoms with E-state index in [0.717, 1.165) is 38.0 Å². The van der Waals surface area contributed by atoms with Crippen molar-refractivity contribution < 1.29 is 9.18 Å². The van der Waals surface area contributed by atoms with Crippen molar-refractivity contribution in [3.05, 3.63) is 71.2 Å². The summed E-state index contributed by atoms with van der Waals surface area (Å²) in [4.78, 5) is 19.1. The Morgan fingerprint density at radius 3 is 2.68 bits per heavy atom. The summed E-state index contributed by atoms with van der Waals surface area (Å²) in [6.07, 6.45) is 0. The third-order valence-electron chi connectivity index (χ3n) is 5.08. The fourth-order valence-electron chi connectivity index (χ4n) is 3.43. The van der Waals surface area contributed by atoms with Crippen molar-refractivity contribution in [3.63, 3.8) is 0 Å². The number of carbonyl (C=O) groups excluding carboxylic acids is 1. The van der Waals surface area contributed by atoms with E-state index in [2.05, 4.69) is 16.5 Å². The fourth-order valence-corrected chi connectivity index (χ4v) is 4.38. The Bertz CT molecular complexity index is 1230. The Balaban J connectivity index is 1.50. The first-order valence-electron chi connectivity index (χ1n) is 10.0. The fraction of sp³-hybridized carbons (Fsp3) is 0.261. The number of amides is 1. The molecule has 0 fully saturated rings. The second kappa shape index (κ2) is 8.47. The zero-order valence-corrected chi connectivity index (χ0v) is 18.7. The standard InChI is InChI=1S/C23H24FN5OS/c1-14-6-5-7-19(12-14)29-22-21(16(3)27-29)31-23(26-22)28(4)13-20(30)25-15(2)17-8-10-18(24)11-9-17/h5-12,15H,13H2,1-4H3,(H,25,30)/t15-/m0/s1. The van der Waals surface area contributed by atoms with E-state index in [4.69, 9.17) is 4.98 Å². The lowest BCUT2D eigenvalue weighted by Gasteiger charge is -2.18. The number of nitrogens with zero attached hydrogens (tertiary/aromatic N) is 4. The normalized spacial score (nSPS) is 12.2. The summed E-state index contributed by atoms with van der Waals surface area (Å²) in [5.41, 5.74) is 4.66. The Labute approximate surface area is 184 Å². The Morgan fingerprint density at radius 1 is 1.23 bits per heavy atom. The predicted molar refractivity (Wildman–Crippen MR) is 122 cm³/mol. The third kappa shape index (κ3) is 4.44. The highest BCUT2D eigenvalue weighted by molar-refractivity contribution is 7.22. The van der Waals surface area contributed by atoms with Crippen molar-refractivity contribution in [2.45, 2.75) is 26.8 Å². The van der Waals surface area contributed by atoms with E-state index in [-0.39, 0.29) is 24.3 Å². The highest BCUT2D eigenvalue weighted by Crippen LogP contribution is 2.32. The molecule has 0 aliphatic carbocycles. The molecule has 0 aliphatic heterocycles. The van der Waals surface area contributed by atoms with Gasteiger partial charge in [0.2, 0.25) is 5.91 Å². The van der Waals surface area contributed by atoms with Crippen molar-refractivity contribution in [3.8, 4) is 5.69 Å². The Hall–Kier alpha value is -3.26. The van der Waals surface area contributed by atoms with Gasteiger partial charge in [-0.25, -0.2) is 9.07 Å². The van der Waals surface area contributed by atoms with Gasteiger partial charge in [0.15, 0.2) is 10.8 Å². The molecule has 2 aromatic carbocycles. The van der Waals surface area contributed by atoms with Crippen LogP contribution in [0.5, 0.6) is 0 Å². The average Bonchev–Trinajstić information content (AvgIpc) is 3.29. The third-order valence-corrected chi connectivity index (χ3v) is 6.35. The van der Waals surface area contributed by atoms with Crippen LogP contribution in [0, 0.1) is 19.7 Å². The molecular weight excluding hydrogens is 413 g/mol. The number of aromatic nitrogens is 3. The lowest BCUT2D eigenvalue weighted by Crippen LogP contribution is -2.36. The molecule has 0 saturated carbocycles. The molecule has 0 saturated heterocycles. The van der Waals surface area contributed by atoms with Gasteiger partial charge in [0.05, 0.1) is 28.7 Å². The van der Waals surface area contributed by atoms with Crippen molar-refractivity contribution in [1.82, 2.24) is 20.1 Å². The number of thiazole rings is 1. The van der Waals surface area contributed by atoms with E-state index in [1.807, 2.05) is 55.6 Å². The van der Waals surface area contributed by atoms with E-state index in [0.29, 0.717) is 0 Å². The topological polar surface area (TPSA) is 63.1 Å². The molecule has 0 radical (unpaired) electrons. The number of anilines is 1.